The maximum Gasteiger partial charge on any atom is 0.351 e. The maximum atomic E-state index is 10.6. The van der Waals surface area contributed by atoms with Crippen molar-refractivity contribution in [3.05, 3.63) is 0 Å². The number of rotatable bonds is 2. The van der Waals surface area contributed by atoms with Crippen molar-refractivity contribution in [1.82, 2.24) is 4.90 Å². The van der Waals surface area contributed by atoms with Crippen LogP contribution in [0.25, 0.3) is 0 Å². The molecule has 1 aliphatic heterocycles. The van der Waals surface area contributed by atoms with Crippen LogP contribution < -0.4 is 0 Å². The molecule has 1 unspecified atom stereocenters. The van der Waals surface area contributed by atoms with Crippen LogP contribution >= 0.6 is 0 Å². The van der Waals surface area contributed by atoms with Crippen LogP contribution in [0.3, 0.4) is 0 Å². The minimum absolute atomic E-state index is 0.343. The second kappa shape index (κ2) is 2.79. The molecule has 0 aliphatic carbocycles. The fourth-order valence-corrected chi connectivity index (χ4v) is 1.52. The fourth-order valence-electron chi connectivity index (χ4n) is 1.52. The van der Waals surface area contributed by atoms with Gasteiger partial charge in [0, 0.05) is 13.0 Å². The van der Waals surface area contributed by atoms with E-state index in [9.17, 15) is 9.90 Å². The van der Waals surface area contributed by atoms with Gasteiger partial charge in [0.2, 0.25) is 5.72 Å². The van der Waals surface area contributed by atoms with Crippen molar-refractivity contribution in [2.24, 2.45) is 0 Å². The summed E-state index contributed by atoms with van der Waals surface area (Å²) in [5.74, 6) is -1.13. The summed E-state index contributed by atoms with van der Waals surface area (Å²) >= 11 is 0. The van der Waals surface area contributed by atoms with E-state index in [1.165, 1.54) is 0 Å². The van der Waals surface area contributed by atoms with Gasteiger partial charge in [0.15, 0.2) is 0 Å². The quantitative estimate of drug-likeness (QED) is 0.589. The average molecular weight is 159 g/mol. The largest absolute Gasteiger partial charge is 0.478 e. The van der Waals surface area contributed by atoms with Gasteiger partial charge < -0.3 is 10.2 Å². The number of carboxylic acid groups (broad SMARTS) is 1. The number of aliphatic hydroxyl groups is 1. The third-order valence-electron chi connectivity index (χ3n) is 2.20. The van der Waals surface area contributed by atoms with Gasteiger partial charge >= 0.3 is 5.97 Å². The number of carboxylic acids is 1. The van der Waals surface area contributed by atoms with E-state index in [1.807, 2.05) is 6.92 Å². The topological polar surface area (TPSA) is 60.8 Å². The minimum Gasteiger partial charge on any atom is -0.478 e. The Morgan fingerprint density at radius 3 is 2.73 bits per heavy atom. The molecule has 1 atom stereocenters. The molecule has 0 spiro atoms. The Kier molecular flexibility index (Phi) is 2.15. The van der Waals surface area contributed by atoms with Gasteiger partial charge in [-0.15, -0.1) is 0 Å². The predicted octanol–water partition coefficient (Wildman–Crippen LogP) is -0.125. The van der Waals surface area contributed by atoms with E-state index < -0.39 is 11.7 Å². The molecule has 0 aromatic heterocycles. The summed E-state index contributed by atoms with van der Waals surface area (Å²) in [7, 11) is 0. The predicted molar refractivity (Wildman–Crippen MR) is 39.1 cm³/mol. The van der Waals surface area contributed by atoms with Crippen molar-refractivity contribution >= 4 is 5.97 Å². The molecule has 1 saturated heterocycles. The van der Waals surface area contributed by atoms with E-state index in [2.05, 4.69) is 0 Å². The van der Waals surface area contributed by atoms with E-state index in [1.54, 1.807) is 4.90 Å². The normalized spacial score (nSPS) is 32.5. The molecule has 1 aliphatic rings. The molecule has 4 nitrogen and oxygen atoms in total. The molecule has 11 heavy (non-hydrogen) atoms. The molecular weight excluding hydrogens is 146 g/mol. The molecule has 64 valence electrons. The SMILES string of the molecule is CCN1CCCC1(O)C(=O)O. The Labute approximate surface area is 65.4 Å². The molecule has 1 fully saturated rings. The van der Waals surface area contributed by atoms with Crippen LogP contribution in [0.4, 0.5) is 0 Å². The van der Waals surface area contributed by atoms with E-state index in [0.717, 1.165) is 6.42 Å². The molecule has 0 bridgehead atoms. The van der Waals surface area contributed by atoms with Crippen LogP contribution in [0.5, 0.6) is 0 Å². The van der Waals surface area contributed by atoms with Gasteiger partial charge in [0.1, 0.15) is 0 Å². The lowest BCUT2D eigenvalue weighted by Gasteiger charge is -2.27. The number of hydrogen-bond donors (Lipinski definition) is 2. The Morgan fingerprint density at radius 2 is 2.36 bits per heavy atom. The molecule has 0 radical (unpaired) electrons. The van der Waals surface area contributed by atoms with E-state index in [0.29, 0.717) is 19.5 Å². The van der Waals surface area contributed by atoms with Crippen molar-refractivity contribution in [2.45, 2.75) is 25.5 Å². The standard InChI is InChI=1S/C7H13NO3/c1-2-8-5-3-4-7(8,11)6(9)10/h11H,2-5H2,1H3,(H,9,10). The van der Waals surface area contributed by atoms with Crippen molar-refractivity contribution in [2.75, 3.05) is 13.1 Å². The average Bonchev–Trinajstić information content (AvgIpc) is 2.32. The van der Waals surface area contributed by atoms with Gasteiger partial charge in [-0.1, -0.05) is 6.92 Å². The number of hydrogen-bond acceptors (Lipinski definition) is 3. The van der Waals surface area contributed by atoms with Gasteiger partial charge in [-0.3, -0.25) is 4.90 Å². The lowest BCUT2D eigenvalue weighted by Crippen LogP contribution is -2.50. The van der Waals surface area contributed by atoms with Crippen molar-refractivity contribution in [3.8, 4) is 0 Å². The Bertz CT molecular complexity index is 171. The molecule has 2 N–H and O–H groups in total. The second-order valence-electron chi connectivity index (χ2n) is 2.80. The smallest absolute Gasteiger partial charge is 0.351 e. The lowest BCUT2D eigenvalue weighted by atomic mass is 10.1. The summed E-state index contributed by atoms with van der Waals surface area (Å²) in [6.07, 6.45) is 1.10. The molecule has 0 aromatic rings. The maximum absolute atomic E-state index is 10.6. The Balaban J connectivity index is 2.75. The molecule has 0 aromatic carbocycles. The Hall–Kier alpha value is -0.610. The molecule has 1 rings (SSSR count). The summed E-state index contributed by atoms with van der Waals surface area (Å²) in [6.45, 7) is 3.11. The molecule has 0 saturated carbocycles. The molecule has 1 heterocycles. The number of nitrogens with zero attached hydrogens (tertiary/aromatic N) is 1. The first kappa shape index (κ1) is 8.49. The highest BCUT2D eigenvalue weighted by molar-refractivity contribution is 5.76. The van der Waals surface area contributed by atoms with E-state index in [-0.39, 0.29) is 0 Å². The van der Waals surface area contributed by atoms with Crippen LogP contribution in [-0.4, -0.2) is 39.9 Å². The third-order valence-corrected chi connectivity index (χ3v) is 2.20. The van der Waals surface area contributed by atoms with Gasteiger partial charge in [-0.05, 0) is 13.0 Å². The van der Waals surface area contributed by atoms with E-state index >= 15 is 0 Å². The first-order valence-corrected chi connectivity index (χ1v) is 3.82. The lowest BCUT2D eigenvalue weighted by molar-refractivity contribution is -0.175. The summed E-state index contributed by atoms with van der Waals surface area (Å²) < 4.78 is 0. The third kappa shape index (κ3) is 1.23. The number of aliphatic carboxylic acids is 1. The zero-order valence-corrected chi connectivity index (χ0v) is 6.58. The molecule has 0 amide bonds. The first-order chi connectivity index (χ1) is 5.11. The second-order valence-corrected chi connectivity index (χ2v) is 2.80. The van der Waals surface area contributed by atoms with Crippen molar-refractivity contribution in [3.63, 3.8) is 0 Å². The van der Waals surface area contributed by atoms with Crippen LogP contribution in [0.15, 0.2) is 0 Å². The van der Waals surface area contributed by atoms with Crippen LogP contribution in [-0.2, 0) is 4.79 Å². The summed E-state index contributed by atoms with van der Waals surface area (Å²) in [4.78, 5) is 12.2. The summed E-state index contributed by atoms with van der Waals surface area (Å²) in [5, 5.41) is 18.2. The number of likely N-dealkylation sites (tertiary alicyclic amines) is 1. The molecule has 4 heteroatoms. The number of carbonyl (C=O) groups is 1. The van der Waals surface area contributed by atoms with Crippen LogP contribution in [0, 0.1) is 0 Å². The monoisotopic (exact) mass is 159 g/mol. The van der Waals surface area contributed by atoms with Crippen LogP contribution in [0.2, 0.25) is 0 Å². The van der Waals surface area contributed by atoms with Crippen molar-refractivity contribution < 1.29 is 15.0 Å². The van der Waals surface area contributed by atoms with Gasteiger partial charge in [0.05, 0.1) is 0 Å². The highest BCUT2D eigenvalue weighted by Crippen LogP contribution is 2.26. The number of likely N-dealkylation sites (N-methyl/N-ethyl adjacent to an activating group) is 1. The highest BCUT2D eigenvalue weighted by Gasteiger charge is 2.44. The summed E-state index contributed by atoms with van der Waals surface area (Å²) in [6, 6.07) is 0. The molecular formula is C7H13NO3. The zero-order valence-electron chi connectivity index (χ0n) is 6.58. The van der Waals surface area contributed by atoms with Gasteiger partial charge in [-0.25, -0.2) is 4.79 Å². The zero-order chi connectivity index (χ0) is 8.48. The minimum atomic E-state index is -1.59. The van der Waals surface area contributed by atoms with Gasteiger partial charge in [0.25, 0.3) is 0 Å². The Morgan fingerprint density at radius 1 is 1.73 bits per heavy atom. The van der Waals surface area contributed by atoms with Crippen molar-refractivity contribution in [1.29, 1.82) is 0 Å². The fraction of sp³-hybridized carbons (Fsp3) is 0.857. The van der Waals surface area contributed by atoms with Crippen LogP contribution in [0.1, 0.15) is 19.8 Å². The highest BCUT2D eigenvalue weighted by atomic mass is 16.4. The van der Waals surface area contributed by atoms with Gasteiger partial charge in [-0.2, -0.15) is 0 Å². The first-order valence-electron chi connectivity index (χ1n) is 3.82. The summed E-state index contributed by atoms with van der Waals surface area (Å²) in [5.41, 5.74) is -1.59. The van der Waals surface area contributed by atoms with E-state index in [4.69, 9.17) is 5.11 Å².